The average Bonchev–Trinajstić information content (AvgIpc) is 3.60. The maximum Gasteiger partial charge on any atom is 0.137 e. The first kappa shape index (κ1) is 26.4. The second-order valence-electron chi connectivity index (χ2n) is 9.88. The molecule has 6 nitrogen and oxygen atoms in total. The number of H-pyrrole nitrogens is 2. The minimum atomic E-state index is 0.277. The van der Waals surface area contributed by atoms with Crippen LogP contribution in [0.25, 0.3) is 22.8 Å². The molecule has 0 aliphatic heterocycles. The number of benzene rings is 2. The van der Waals surface area contributed by atoms with Crippen molar-refractivity contribution in [1.29, 1.82) is 0 Å². The lowest BCUT2D eigenvalue weighted by Gasteiger charge is -2.16. The van der Waals surface area contributed by atoms with E-state index in [1.807, 2.05) is 50.8 Å². The van der Waals surface area contributed by atoms with E-state index in [2.05, 4.69) is 87.4 Å². The van der Waals surface area contributed by atoms with Crippen LogP contribution in [0.15, 0.2) is 60.9 Å². The Morgan fingerprint density at radius 1 is 0.730 bits per heavy atom. The maximum atomic E-state index is 4.60. The fourth-order valence-electron chi connectivity index (χ4n) is 4.50. The molecule has 0 aliphatic carbocycles. The number of rotatable bonds is 10. The summed E-state index contributed by atoms with van der Waals surface area (Å²) in [6, 6.07) is 17.0. The summed E-state index contributed by atoms with van der Waals surface area (Å²) >= 11 is 0. The Morgan fingerprint density at radius 3 is 1.59 bits per heavy atom. The molecule has 0 bridgehead atoms. The smallest absolute Gasteiger partial charge is 0.137 e. The molecule has 4 aromatic rings. The van der Waals surface area contributed by atoms with Gasteiger partial charge < -0.3 is 20.6 Å². The number of aromatic nitrogens is 4. The summed E-state index contributed by atoms with van der Waals surface area (Å²) in [6.45, 7) is 6.66. The van der Waals surface area contributed by atoms with Crippen molar-refractivity contribution in [2.45, 2.75) is 52.1 Å². The first-order valence-electron chi connectivity index (χ1n) is 13.2. The molecule has 2 heterocycles. The molecule has 4 rings (SSSR count). The summed E-state index contributed by atoms with van der Waals surface area (Å²) in [5.74, 6) is 8.91. The first-order valence-corrected chi connectivity index (χ1v) is 13.2. The highest BCUT2D eigenvalue weighted by atomic mass is 15.0. The van der Waals surface area contributed by atoms with Crippen molar-refractivity contribution in [3.05, 3.63) is 83.4 Å². The standard InChI is InChI=1S/C31H38N6/c1-6-7-26(32-4)28-19-34-30(36-28)24-14-10-22(11-15-24)8-9-23-12-16-25(17-13-23)31-35-20-29(37-31)27(33-5)18-21(2)3/h10-17,19-21,26-27,32-33H,6-7,18H2,1-5H3,(H,34,36)(H,35,37)/t26-,27-/m0/s1. The average molecular weight is 495 g/mol. The molecule has 0 aliphatic rings. The zero-order chi connectivity index (χ0) is 26.2. The van der Waals surface area contributed by atoms with Gasteiger partial charge in [0, 0.05) is 34.3 Å². The van der Waals surface area contributed by atoms with E-state index < -0.39 is 0 Å². The number of aromatic amines is 2. The van der Waals surface area contributed by atoms with Gasteiger partial charge in [0.25, 0.3) is 0 Å². The van der Waals surface area contributed by atoms with Gasteiger partial charge in [-0.2, -0.15) is 0 Å². The normalized spacial score (nSPS) is 12.8. The van der Waals surface area contributed by atoms with Crippen molar-refractivity contribution in [3.8, 4) is 34.6 Å². The SMILES string of the molecule is CCC[C@H](NC)c1cnc(-c2ccc(C#Cc3ccc(-c4ncc([C@H](CC(C)C)NC)[nH]4)cc3)cc2)[nH]1. The van der Waals surface area contributed by atoms with Crippen molar-refractivity contribution in [2.75, 3.05) is 14.1 Å². The Hall–Kier alpha value is -3.66. The van der Waals surface area contributed by atoms with Gasteiger partial charge in [-0.05, 0) is 57.1 Å². The summed E-state index contributed by atoms with van der Waals surface area (Å²) in [7, 11) is 3.98. The highest BCUT2D eigenvalue weighted by molar-refractivity contribution is 5.59. The largest absolute Gasteiger partial charge is 0.341 e. The molecule has 2 atom stereocenters. The molecule has 192 valence electrons. The predicted octanol–water partition coefficient (Wildman–Crippen LogP) is 6.23. The molecular weight excluding hydrogens is 456 g/mol. The minimum absolute atomic E-state index is 0.277. The van der Waals surface area contributed by atoms with Gasteiger partial charge in [-0.1, -0.05) is 63.3 Å². The molecule has 0 saturated carbocycles. The van der Waals surface area contributed by atoms with Crippen molar-refractivity contribution in [1.82, 2.24) is 30.6 Å². The van der Waals surface area contributed by atoms with E-state index in [0.717, 1.165) is 64.6 Å². The predicted molar refractivity (Wildman–Crippen MR) is 152 cm³/mol. The zero-order valence-electron chi connectivity index (χ0n) is 22.5. The van der Waals surface area contributed by atoms with E-state index in [-0.39, 0.29) is 6.04 Å². The second-order valence-corrected chi connectivity index (χ2v) is 9.88. The van der Waals surface area contributed by atoms with E-state index >= 15 is 0 Å². The summed E-state index contributed by atoms with van der Waals surface area (Å²) < 4.78 is 0. The van der Waals surface area contributed by atoms with E-state index in [1.54, 1.807) is 0 Å². The van der Waals surface area contributed by atoms with Gasteiger partial charge in [-0.3, -0.25) is 0 Å². The van der Waals surface area contributed by atoms with Crippen molar-refractivity contribution in [3.63, 3.8) is 0 Å². The summed E-state index contributed by atoms with van der Waals surface area (Å²) in [5.41, 5.74) is 6.29. The van der Waals surface area contributed by atoms with Crippen LogP contribution in [-0.2, 0) is 0 Å². The maximum absolute atomic E-state index is 4.60. The fourth-order valence-corrected chi connectivity index (χ4v) is 4.50. The van der Waals surface area contributed by atoms with Crippen molar-refractivity contribution >= 4 is 0 Å². The molecule has 37 heavy (non-hydrogen) atoms. The van der Waals surface area contributed by atoms with Crippen LogP contribution < -0.4 is 10.6 Å². The van der Waals surface area contributed by atoms with E-state index in [0.29, 0.717) is 12.0 Å². The van der Waals surface area contributed by atoms with E-state index in [9.17, 15) is 0 Å². The number of nitrogens with one attached hydrogen (secondary N) is 4. The van der Waals surface area contributed by atoms with Crippen molar-refractivity contribution < 1.29 is 0 Å². The van der Waals surface area contributed by atoms with Gasteiger partial charge in [0.2, 0.25) is 0 Å². The molecule has 0 fully saturated rings. The second kappa shape index (κ2) is 12.5. The fraction of sp³-hybridized carbons (Fsp3) is 0.355. The lowest BCUT2D eigenvalue weighted by atomic mass is 10.0. The highest BCUT2D eigenvalue weighted by Gasteiger charge is 2.15. The van der Waals surface area contributed by atoms with Gasteiger partial charge in [0.1, 0.15) is 11.6 Å². The minimum Gasteiger partial charge on any atom is -0.341 e. The van der Waals surface area contributed by atoms with Crippen LogP contribution in [-0.4, -0.2) is 34.0 Å². The number of hydrogen-bond acceptors (Lipinski definition) is 4. The summed E-state index contributed by atoms with van der Waals surface area (Å²) in [4.78, 5) is 16.1. The monoisotopic (exact) mass is 494 g/mol. The molecule has 6 heteroatoms. The molecule has 0 unspecified atom stereocenters. The van der Waals surface area contributed by atoms with Gasteiger partial charge in [-0.15, -0.1) is 0 Å². The third-order valence-electron chi connectivity index (χ3n) is 6.59. The Labute approximate surface area is 220 Å². The van der Waals surface area contributed by atoms with Crippen LogP contribution in [0, 0.1) is 17.8 Å². The number of hydrogen-bond donors (Lipinski definition) is 4. The van der Waals surface area contributed by atoms with Gasteiger partial charge in [-0.25, -0.2) is 9.97 Å². The molecule has 0 saturated heterocycles. The topological polar surface area (TPSA) is 81.4 Å². The molecule has 0 amide bonds. The number of nitrogens with zero attached hydrogens (tertiary/aromatic N) is 2. The third kappa shape index (κ3) is 6.76. The third-order valence-corrected chi connectivity index (χ3v) is 6.59. The Balaban J connectivity index is 1.41. The molecule has 0 radical (unpaired) electrons. The number of imidazole rings is 2. The van der Waals surface area contributed by atoms with Crippen LogP contribution in [0.4, 0.5) is 0 Å². The molecular formula is C31H38N6. The lowest BCUT2D eigenvalue weighted by molar-refractivity contribution is 0.450. The quantitative estimate of drug-likeness (QED) is 0.197. The van der Waals surface area contributed by atoms with Gasteiger partial charge in [0.15, 0.2) is 0 Å². The molecule has 2 aromatic heterocycles. The van der Waals surface area contributed by atoms with Crippen LogP contribution in [0.3, 0.4) is 0 Å². The van der Waals surface area contributed by atoms with Crippen molar-refractivity contribution in [2.24, 2.45) is 5.92 Å². The Kier molecular flexibility index (Phi) is 8.95. The highest BCUT2D eigenvalue weighted by Crippen LogP contribution is 2.24. The van der Waals surface area contributed by atoms with E-state index in [4.69, 9.17) is 0 Å². The molecule has 4 N–H and O–H groups in total. The first-order chi connectivity index (χ1) is 18.0. The van der Waals surface area contributed by atoms with Crippen LogP contribution in [0.5, 0.6) is 0 Å². The van der Waals surface area contributed by atoms with Crippen LogP contribution in [0.1, 0.15) is 74.6 Å². The Morgan fingerprint density at radius 2 is 1.19 bits per heavy atom. The van der Waals surface area contributed by atoms with Gasteiger partial charge >= 0.3 is 0 Å². The van der Waals surface area contributed by atoms with Crippen LogP contribution >= 0.6 is 0 Å². The Bertz CT molecular complexity index is 1320. The zero-order valence-corrected chi connectivity index (χ0v) is 22.5. The molecule has 2 aromatic carbocycles. The van der Waals surface area contributed by atoms with E-state index in [1.165, 1.54) is 0 Å². The summed E-state index contributed by atoms with van der Waals surface area (Å²) in [6.07, 6.45) is 7.12. The van der Waals surface area contributed by atoms with Gasteiger partial charge in [0.05, 0.1) is 23.8 Å². The summed E-state index contributed by atoms with van der Waals surface area (Å²) in [5, 5.41) is 6.74. The lowest BCUT2D eigenvalue weighted by Crippen LogP contribution is -2.18. The van der Waals surface area contributed by atoms with Crippen LogP contribution in [0.2, 0.25) is 0 Å². The molecule has 0 spiro atoms.